The van der Waals surface area contributed by atoms with Crippen LogP contribution in [-0.4, -0.2) is 4.40 Å². The van der Waals surface area contributed by atoms with Crippen LogP contribution in [0.15, 0.2) is 36.7 Å². The maximum absolute atomic E-state index is 2.18. The van der Waals surface area contributed by atoms with E-state index in [1.165, 1.54) is 23.9 Å². The van der Waals surface area contributed by atoms with Gasteiger partial charge in [-0.3, -0.25) is 0 Å². The van der Waals surface area contributed by atoms with Gasteiger partial charge in [0, 0.05) is 17.9 Å². The number of aromatic nitrogens is 1. The molecule has 0 unspecified atom stereocenters. The van der Waals surface area contributed by atoms with Gasteiger partial charge in [0.05, 0.1) is 0 Å². The quantitative estimate of drug-likeness (QED) is 0.637. The molecule has 2 rings (SSSR count). The fourth-order valence-electron chi connectivity index (χ4n) is 1.20. The van der Waals surface area contributed by atoms with Crippen molar-refractivity contribution in [1.29, 1.82) is 0 Å². The minimum Gasteiger partial charge on any atom is -0.324 e. The van der Waals surface area contributed by atoms with Gasteiger partial charge in [-0.1, -0.05) is 32.8 Å². The third kappa shape index (κ3) is 2.91. The van der Waals surface area contributed by atoms with Crippen LogP contribution in [0.5, 0.6) is 0 Å². The third-order valence-electron chi connectivity index (χ3n) is 2.14. The van der Waals surface area contributed by atoms with E-state index >= 15 is 0 Å². The lowest BCUT2D eigenvalue weighted by atomic mass is 10.3. The summed E-state index contributed by atoms with van der Waals surface area (Å²) < 4.78 is 2.12. The van der Waals surface area contributed by atoms with Crippen molar-refractivity contribution in [3.63, 3.8) is 0 Å². The molecule has 0 aliphatic carbocycles. The lowest BCUT2D eigenvalue weighted by Crippen LogP contribution is -1.75. The van der Waals surface area contributed by atoms with Crippen molar-refractivity contribution in [3.8, 4) is 0 Å². The minimum absolute atomic E-state index is 1.26. The van der Waals surface area contributed by atoms with Crippen LogP contribution in [0.3, 0.4) is 0 Å². The van der Waals surface area contributed by atoms with E-state index in [1.54, 1.807) is 0 Å². The monoisotopic (exact) mass is 189 g/mol. The molecule has 2 aromatic rings. The van der Waals surface area contributed by atoms with Gasteiger partial charge in [-0.05, 0) is 30.7 Å². The van der Waals surface area contributed by atoms with Gasteiger partial charge in [-0.25, -0.2) is 0 Å². The second-order valence-corrected chi connectivity index (χ2v) is 3.55. The van der Waals surface area contributed by atoms with Crippen molar-refractivity contribution >= 4 is 5.52 Å². The number of aryl methyl sites for hydroxylation is 1. The van der Waals surface area contributed by atoms with Crippen LogP contribution < -0.4 is 0 Å². The molecule has 2 aromatic heterocycles. The Kier molecular flexibility index (Phi) is 4.24. The van der Waals surface area contributed by atoms with Crippen molar-refractivity contribution in [2.45, 2.75) is 33.6 Å². The molecule has 0 aromatic carbocycles. The van der Waals surface area contributed by atoms with E-state index in [4.69, 9.17) is 0 Å². The van der Waals surface area contributed by atoms with Crippen LogP contribution in [0.25, 0.3) is 5.52 Å². The molecule has 0 atom stereocenters. The molecule has 0 N–H and O–H groups in total. The Morgan fingerprint density at radius 3 is 2.43 bits per heavy atom. The van der Waals surface area contributed by atoms with Gasteiger partial charge in [-0.15, -0.1) is 0 Å². The molecule has 0 spiro atoms. The standard InChI is InChI=1S/C9H9N.C4H10/c1-8-6-9-4-2-3-5-10(9)7-8;1-3-4-2/h2-7H,1H3;3-4H2,1-2H3. The van der Waals surface area contributed by atoms with E-state index in [0.717, 1.165) is 0 Å². The summed E-state index contributed by atoms with van der Waals surface area (Å²) in [5.74, 6) is 0. The van der Waals surface area contributed by atoms with Crippen LogP contribution in [0, 0.1) is 6.92 Å². The second kappa shape index (κ2) is 5.48. The molecule has 76 valence electrons. The zero-order valence-corrected chi connectivity index (χ0v) is 9.33. The average molecular weight is 189 g/mol. The van der Waals surface area contributed by atoms with Crippen molar-refractivity contribution in [2.75, 3.05) is 0 Å². The van der Waals surface area contributed by atoms with Gasteiger partial charge in [-0.2, -0.15) is 0 Å². The highest BCUT2D eigenvalue weighted by Crippen LogP contribution is 2.07. The smallest absolute Gasteiger partial charge is 0.0452 e. The first-order valence-corrected chi connectivity index (χ1v) is 5.31. The Morgan fingerprint density at radius 2 is 1.86 bits per heavy atom. The van der Waals surface area contributed by atoms with Gasteiger partial charge in [0.1, 0.15) is 0 Å². The fraction of sp³-hybridized carbons (Fsp3) is 0.385. The van der Waals surface area contributed by atoms with E-state index in [2.05, 4.69) is 55.8 Å². The summed E-state index contributed by atoms with van der Waals surface area (Å²) in [4.78, 5) is 0. The summed E-state index contributed by atoms with van der Waals surface area (Å²) in [7, 11) is 0. The van der Waals surface area contributed by atoms with Crippen molar-refractivity contribution in [2.24, 2.45) is 0 Å². The molecule has 0 fully saturated rings. The normalized spacial score (nSPS) is 9.64. The largest absolute Gasteiger partial charge is 0.324 e. The summed E-state index contributed by atoms with van der Waals surface area (Å²) in [6.45, 7) is 6.47. The highest BCUT2D eigenvalue weighted by molar-refractivity contribution is 5.49. The van der Waals surface area contributed by atoms with E-state index in [9.17, 15) is 0 Å². The summed E-state index contributed by atoms with van der Waals surface area (Å²) in [6, 6.07) is 8.36. The number of pyridine rings is 1. The van der Waals surface area contributed by atoms with Crippen molar-refractivity contribution in [3.05, 3.63) is 42.2 Å². The molecule has 1 heteroatoms. The fourth-order valence-corrected chi connectivity index (χ4v) is 1.20. The third-order valence-corrected chi connectivity index (χ3v) is 2.14. The molecule has 0 radical (unpaired) electrons. The Hall–Kier alpha value is -1.24. The maximum atomic E-state index is 2.18. The van der Waals surface area contributed by atoms with Crippen LogP contribution in [0.4, 0.5) is 0 Å². The topological polar surface area (TPSA) is 4.41 Å². The SMILES string of the molecule is CCCC.Cc1cc2ccccn2c1. The summed E-state index contributed by atoms with van der Waals surface area (Å²) in [5, 5.41) is 0. The van der Waals surface area contributed by atoms with Crippen molar-refractivity contribution < 1.29 is 0 Å². The number of fused-ring (bicyclic) bond motifs is 1. The number of hydrogen-bond acceptors (Lipinski definition) is 0. The zero-order chi connectivity index (χ0) is 10.4. The van der Waals surface area contributed by atoms with E-state index in [0.29, 0.717) is 0 Å². The molecule has 1 nitrogen and oxygen atoms in total. The highest BCUT2D eigenvalue weighted by Gasteiger charge is 1.90. The lowest BCUT2D eigenvalue weighted by molar-refractivity contribution is 0.886. The second-order valence-electron chi connectivity index (χ2n) is 3.55. The first-order valence-electron chi connectivity index (χ1n) is 5.31. The summed E-state index contributed by atoms with van der Waals surface area (Å²) in [6.07, 6.45) is 6.82. The molecule has 0 aliphatic heterocycles. The molecule has 0 aliphatic rings. The number of hydrogen-bond donors (Lipinski definition) is 0. The Balaban J connectivity index is 0.000000213. The summed E-state index contributed by atoms with van der Waals surface area (Å²) in [5.41, 5.74) is 2.58. The Labute approximate surface area is 86.4 Å². The average Bonchev–Trinajstić information content (AvgIpc) is 2.58. The van der Waals surface area contributed by atoms with Crippen LogP contribution >= 0.6 is 0 Å². The first kappa shape index (κ1) is 10.8. The zero-order valence-electron chi connectivity index (χ0n) is 9.33. The number of rotatable bonds is 1. The Bertz CT molecular complexity index is 338. The number of unbranched alkanes of at least 4 members (excludes halogenated alkanes) is 1. The van der Waals surface area contributed by atoms with Gasteiger partial charge in [0.15, 0.2) is 0 Å². The van der Waals surface area contributed by atoms with Gasteiger partial charge >= 0.3 is 0 Å². The van der Waals surface area contributed by atoms with E-state index in [-0.39, 0.29) is 0 Å². The van der Waals surface area contributed by atoms with E-state index in [1.807, 2.05) is 6.07 Å². The molecule has 0 bridgehead atoms. The lowest BCUT2D eigenvalue weighted by Gasteiger charge is -1.88. The van der Waals surface area contributed by atoms with Crippen LogP contribution in [0.1, 0.15) is 32.3 Å². The number of nitrogens with zero attached hydrogens (tertiary/aromatic N) is 1. The van der Waals surface area contributed by atoms with Crippen LogP contribution in [-0.2, 0) is 0 Å². The first-order chi connectivity index (χ1) is 6.77. The maximum Gasteiger partial charge on any atom is 0.0452 e. The highest BCUT2D eigenvalue weighted by atomic mass is 14.8. The summed E-state index contributed by atoms with van der Waals surface area (Å²) >= 11 is 0. The molecule has 0 amide bonds. The minimum atomic E-state index is 1.26. The Morgan fingerprint density at radius 1 is 1.14 bits per heavy atom. The van der Waals surface area contributed by atoms with Crippen LogP contribution in [0.2, 0.25) is 0 Å². The van der Waals surface area contributed by atoms with Crippen molar-refractivity contribution in [1.82, 2.24) is 4.40 Å². The molecule has 14 heavy (non-hydrogen) atoms. The predicted octanol–water partition coefficient (Wildman–Crippen LogP) is 4.05. The molecule has 2 heterocycles. The van der Waals surface area contributed by atoms with Gasteiger partial charge in [0.2, 0.25) is 0 Å². The van der Waals surface area contributed by atoms with Gasteiger partial charge in [0.25, 0.3) is 0 Å². The predicted molar refractivity (Wildman–Crippen MR) is 62.7 cm³/mol. The molecular weight excluding hydrogens is 170 g/mol. The molecule has 0 saturated heterocycles. The molecular formula is C13H19N. The molecule has 0 saturated carbocycles. The van der Waals surface area contributed by atoms with E-state index < -0.39 is 0 Å². The van der Waals surface area contributed by atoms with Gasteiger partial charge < -0.3 is 4.40 Å².